The summed E-state index contributed by atoms with van der Waals surface area (Å²) in [6, 6.07) is 12.5. The summed E-state index contributed by atoms with van der Waals surface area (Å²) in [6.45, 7) is 5.88. The van der Waals surface area contributed by atoms with E-state index in [0.717, 1.165) is 42.9 Å². The van der Waals surface area contributed by atoms with Crippen LogP contribution in [0, 0.1) is 18.6 Å². The third-order valence-corrected chi connectivity index (χ3v) is 6.58. The Labute approximate surface area is 225 Å². The van der Waals surface area contributed by atoms with Crippen molar-refractivity contribution in [2.24, 2.45) is 0 Å². The monoisotopic (exact) mass is 541 g/mol. The van der Waals surface area contributed by atoms with Gasteiger partial charge in [0.2, 0.25) is 0 Å². The number of anilines is 2. The molecule has 0 radical (unpaired) electrons. The molecule has 3 aromatic rings. The Morgan fingerprint density at radius 2 is 1.74 bits per heavy atom. The van der Waals surface area contributed by atoms with Crippen molar-refractivity contribution in [3.63, 3.8) is 0 Å². The van der Waals surface area contributed by atoms with E-state index in [0.29, 0.717) is 11.8 Å². The van der Waals surface area contributed by atoms with E-state index in [4.69, 9.17) is 16.3 Å². The van der Waals surface area contributed by atoms with Gasteiger partial charge in [0, 0.05) is 34.6 Å². The Hall–Kier alpha value is -3.49. The molecule has 1 aliphatic rings. The van der Waals surface area contributed by atoms with Crippen molar-refractivity contribution in [2.45, 2.75) is 26.2 Å². The number of halogens is 3. The topological polar surface area (TPSA) is 70.7 Å². The molecular weight excluding hydrogens is 512 g/mol. The number of nitrogens with zero attached hydrogens (tertiary/aromatic N) is 1. The van der Waals surface area contributed by atoms with Gasteiger partial charge in [0.15, 0.2) is 12.4 Å². The van der Waals surface area contributed by atoms with Crippen LogP contribution in [0.4, 0.5) is 20.2 Å². The fraction of sp³-hybridized carbons (Fsp3) is 0.310. The van der Waals surface area contributed by atoms with Crippen LogP contribution in [-0.2, 0) is 4.79 Å². The first kappa shape index (κ1) is 27.5. The SMILES string of the molecule is Cc1cc(NCCCN2CCCC2)ccc1NC(=O)COc1ccc(Cl)cc1C(=O)c1cc(F)cc(F)c1. The molecule has 6 nitrogen and oxygen atoms in total. The van der Waals surface area contributed by atoms with Gasteiger partial charge in [-0.05, 0) is 99.9 Å². The fourth-order valence-corrected chi connectivity index (χ4v) is 4.60. The summed E-state index contributed by atoms with van der Waals surface area (Å²) in [6.07, 6.45) is 3.65. The molecule has 2 N–H and O–H groups in total. The Morgan fingerprint density at radius 3 is 2.45 bits per heavy atom. The predicted octanol–water partition coefficient (Wildman–Crippen LogP) is 6.07. The maximum atomic E-state index is 13.6. The summed E-state index contributed by atoms with van der Waals surface area (Å²) in [5.41, 5.74) is 2.31. The summed E-state index contributed by atoms with van der Waals surface area (Å²) in [7, 11) is 0. The van der Waals surface area contributed by atoms with Crippen LogP contribution in [0.1, 0.15) is 40.7 Å². The number of hydrogen-bond acceptors (Lipinski definition) is 5. The standard InChI is InChI=1S/C29H30ClF2N3O3/c1-19-13-24(33-9-4-12-35-10-2-3-11-35)6-7-26(19)34-28(36)18-38-27-8-5-21(30)16-25(27)29(37)20-14-22(31)17-23(32)15-20/h5-8,13-17,33H,2-4,9-12,18H2,1H3,(H,34,36). The lowest BCUT2D eigenvalue weighted by atomic mass is 10.0. The van der Waals surface area contributed by atoms with Crippen LogP contribution in [0.5, 0.6) is 5.75 Å². The van der Waals surface area contributed by atoms with Gasteiger partial charge in [-0.15, -0.1) is 0 Å². The highest BCUT2D eigenvalue weighted by atomic mass is 35.5. The maximum Gasteiger partial charge on any atom is 0.262 e. The van der Waals surface area contributed by atoms with Crippen LogP contribution in [0.3, 0.4) is 0 Å². The molecule has 0 saturated carbocycles. The minimum Gasteiger partial charge on any atom is -0.483 e. The van der Waals surface area contributed by atoms with Crippen LogP contribution >= 0.6 is 11.6 Å². The van der Waals surface area contributed by atoms with Crippen molar-refractivity contribution in [1.82, 2.24) is 4.90 Å². The number of carbonyl (C=O) groups excluding carboxylic acids is 2. The van der Waals surface area contributed by atoms with E-state index in [9.17, 15) is 18.4 Å². The number of likely N-dealkylation sites (tertiary alicyclic amines) is 1. The number of benzene rings is 3. The van der Waals surface area contributed by atoms with Crippen LogP contribution in [0.2, 0.25) is 5.02 Å². The van der Waals surface area contributed by atoms with E-state index in [1.807, 2.05) is 25.1 Å². The quantitative estimate of drug-likeness (QED) is 0.228. The molecule has 1 saturated heterocycles. The Bertz CT molecular complexity index is 1290. The molecule has 0 aliphatic carbocycles. The van der Waals surface area contributed by atoms with Crippen LogP contribution in [-0.4, -0.2) is 49.4 Å². The molecule has 0 aromatic heterocycles. The second kappa shape index (κ2) is 12.8. The molecule has 3 aromatic carbocycles. The molecule has 1 fully saturated rings. The second-order valence-corrected chi connectivity index (χ2v) is 9.76. The average molecular weight is 542 g/mol. The highest BCUT2D eigenvalue weighted by Gasteiger charge is 2.18. The smallest absolute Gasteiger partial charge is 0.262 e. The first-order valence-corrected chi connectivity index (χ1v) is 13.0. The maximum absolute atomic E-state index is 13.6. The number of aryl methyl sites for hydroxylation is 1. The van der Waals surface area contributed by atoms with E-state index < -0.39 is 23.3 Å². The molecule has 0 spiro atoms. The number of nitrogens with one attached hydrogen (secondary N) is 2. The lowest BCUT2D eigenvalue weighted by Crippen LogP contribution is -2.22. The molecule has 0 unspecified atom stereocenters. The lowest BCUT2D eigenvalue weighted by Gasteiger charge is -2.15. The van der Waals surface area contributed by atoms with E-state index in [2.05, 4.69) is 15.5 Å². The second-order valence-electron chi connectivity index (χ2n) is 9.32. The molecule has 1 aliphatic heterocycles. The summed E-state index contributed by atoms with van der Waals surface area (Å²) < 4.78 is 32.9. The van der Waals surface area contributed by atoms with Gasteiger partial charge in [0.05, 0.1) is 5.56 Å². The first-order chi connectivity index (χ1) is 18.3. The average Bonchev–Trinajstić information content (AvgIpc) is 3.40. The number of carbonyl (C=O) groups is 2. The number of ether oxygens (including phenoxy) is 1. The largest absolute Gasteiger partial charge is 0.483 e. The van der Waals surface area contributed by atoms with Crippen LogP contribution < -0.4 is 15.4 Å². The van der Waals surface area contributed by atoms with Crippen molar-refractivity contribution in [3.8, 4) is 5.75 Å². The Morgan fingerprint density at radius 1 is 1.00 bits per heavy atom. The number of hydrogen-bond donors (Lipinski definition) is 2. The van der Waals surface area contributed by atoms with E-state index in [1.165, 1.54) is 44.1 Å². The van der Waals surface area contributed by atoms with Gasteiger partial charge >= 0.3 is 0 Å². The zero-order chi connectivity index (χ0) is 27.1. The zero-order valence-corrected chi connectivity index (χ0v) is 21.9. The Kier molecular flexibility index (Phi) is 9.31. The normalized spacial score (nSPS) is 13.4. The van der Waals surface area contributed by atoms with Gasteiger partial charge in [0.1, 0.15) is 17.4 Å². The van der Waals surface area contributed by atoms with Crippen molar-refractivity contribution < 1.29 is 23.1 Å². The molecule has 200 valence electrons. The highest BCUT2D eigenvalue weighted by Crippen LogP contribution is 2.27. The van der Waals surface area contributed by atoms with Gasteiger partial charge in [-0.3, -0.25) is 9.59 Å². The van der Waals surface area contributed by atoms with Crippen molar-refractivity contribution in [3.05, 3.63) is 87.9 Å². The molecule has 9 heteroatoms. The number of amides is 1. The number of rotatable bonds is 11. The van der Waals surface area contributed by atoms with Gasteiger partial charge in [-0.2, -0.15) is 0 Å². The minimum atomic E-state index is -0.879. The molecule has 4 rings (SSSR count). The zero-order valence-electron chi connectivity index (χ0n) is 21.2. The summed E-state index contributed by atoms with van der Waals surface area (Å²) >= 11 is 6.04. The van der Waals surface area contributed by atoms with E-state index in [-0.39, 0.29) is 28.5 Å². The van der Waals surface area contributed by atoms with Crippen molar-refractivity contribution >= 4 is 34.7 Å². The van der Waals surface area contributed by atoms with E-state index in [1.54, 1.807) is 0 Å². The summed E-state index contributed by atoms with van der Waals surface area (Å²) in [4.78, 5) is 28.0. The molecule has 38 heavy (non-hydrogen) atoms. The summed E-state index contributed by atoms with van der Waals surface area (Å²) in [5.74, 6) is -2.79. The third-order valence-electron chi connectivity index (χ3n) is 6.35. The lowest BCUT2D eigenvalue weighted by molar-refractivity contribution is -0.118. The molecule has 1 heterocycles. The molecule has 0 atom stereocenters. The van der Waals surface area contributed by atoms with Gasteiger partial charge < -0.3 is 20.3 Å². The van der Waals surface area contributed by atoms with Gasteiger partial charge in [-0.25, -0.2) is 8.78 Å². The fourth-order valence-electron chi connectivity index (χ4n) is 4.43. The molecule has 0 bridgehead atoms. The Balaban J connectivity index is 1.33. The van der Waals surface area contributed by atoms with Gasteiger partial charge in [0.25, 0.3) is 5.91 Å². The minimum absolute atomic E-state index is 0.00774. The van der Waals surface area contributed by atoms with Crippen LogP contribution in [0.15, 0.2) is 54.6 Å². The number of ketones is 1. The van der Waals surface area contributed by atoms with Crippen molar-refractivity contribution in [1.29, 1.82) is 0 Å². The van der Waals surface area contributed by atoms with Crippen LogP contribution in [0.25, 0.3) is 0 Å². The summed E-state index contributed by atoms with van der Waals surface area (Å²) in [5, 5.41) is 6.47. The van der Waals surface area contributed by atoms with E-state index >= 15 is 0 Å². The van der Waals surface area contributed by atoms with Gasteiger partial charge in [-0.1, -0.05) is 11.6 Å². The molecule has 1 amide bonds. The van der Waals surface area contributed by atoms with Crippen molar-refractivity contribution in [2.75, 3.05) is 43.4 Å². The highest BCUT2D eigenvalue weighted by molar-refractivity contribution is 6.31. The third kappa shape index (κ3) is 7.52. The molecular formula is C29H30ClF2N3O3. The first-order valence-electron chi connectivity index (χ1n) is 12.6. The predicted molar refractivity (Wildman–Crippen MR) is 145 cm³/mol.